The Morgan fingerprint density at radius 1 is 1.03 bits per heavy atom. The van der Waals surface area contributed by atoms with Gasteiger partial charge in [-0.3, -0.25) is 14.9 Å². The van der Waals surface area contributed by atoms with E-state index >= 15 is 0 Å². The van der Waals surface area contributed by atoms with E-state index in [2.05, 4.69) is 10.2 Å². The molecule has 3 aliphatic rings. The Morgan fingerprint density at radius 3 is 2.26 bits per heavy atom. The Morgan fingerprint density at radius 2 is 1.67 bits per heavy atom. The summed E-state index contributed by atoms with van der Waals surface area (Å²) >= 11 is 6.00. The van der Waals surface area contributed by atoms with Gasteiger partial charge in [0.2, 0.25) is 5.91 Å². The number of ether oxygens (including phenoxy) is 1. The quantitative estimate of drug-likeness (QED) is 0.347. The fourth-order valence-electron chi connectivity index (χ4n) is 5.96. The van der Waals surface area contributed by atoms with Crippen LogP contribution in [0, 0.1) is 22.0 Å². The Labute approximate surface area is 229 Å². The van der Waals surface area contributed by atoms with Crippen LogP contribution < -0.4 is 10.2 Å². The number of carbonyl (C=O) groups is 1. The Kier molecular flexibility index (Phi) is 7.91. The molecule has 5 rings (SSSR count). The lowest BCUT2D eigenvalue weighted by molar-refractivity contribution is -0.388. The van der Waals surface area contributed by atoms with Gasteiger partial charge in [0.15, 0.2) is 0 Å². The van der Waals surface area contributed by atoms with Crippen molar-refractivity contribution in [1.29, 1.82) is 0 Å². The number of likely N-dealkylation sites (tertiary alicyclic amines) is 1. The molecule has 0 aromatic heterocycles. The molecule has 0 spiro atoms. The molecule has 2 heterocycles. The van der Waals surface area contributed by atoms with E-state index in [4.69, 9.17) is 16.3 Å². The minimum Gasteiger partial charge on any atom is -0.382 e. The molecule has 0 bridgehead atoms. The van der Waals surface area contributed by atoms with Crippen molar-refractivity contribution in [3.8, 4) is 0 Å². The van der Waals surface area contributed by atoms with Gasteiger partial charge in [-0.15, -0.1) is 0 Å². The monoisotopic (exact) mass is 566 g/mol. The van der Waals surface area contributed by atoms with Crippen LogP contribution in [0.15, 0.2) is 42.5 Å². The number of nitrogens with one attached hydrogen (secondary N) is 1. The van der Waals surface area contributed by atoms with E-state index in [1.54, 1.807) is 0 Å². The van der Waals surface area contributed by atoms with Crippen LogP contribution in [0.4, 0.5) is 30.2 Å². The van der Waals surface area contributed by atoms with Crippen molar-refractivity contribution in [1.82, 2.24) is 4.90 Å². The van der Waals surface area contributed by atoms with Crippen molar-refractivity contribution in [3.05, 3.63) is 63.2 Å². The van der Waals surface area contributed by atoms with E-state index in [-0.39, 0.29) is 30.3 Å². The second kappa shape index (κ2) is 11.2. The number of hydrogen-bond acceptors (Lipinski definition) is 6. The molecule has 0 radical (unpaired) electrons. The standard InChI is InChI=1S/C27H30ClF3N4O4/c28-19-1-6-22(7-2-19)33-12-17-14-34(15-18(17)13-33)26(36)16-39-23-8-3-20(4-9-23)32-21-5-10-25(35(37)38)24(11-21)27(29,30)31/h1-2,5-7,10-11,17-18,20,23,32H,3-4,8-9,12-16H2/t17?,18?,20-,23-. The number of hydrogen-bond donors (Lipinski definition) is 1. The lowest BCUT2D eigenvalue weighted by atomic mass is 9.92. The third-order valence-electron chi connectivity index (χ3n) is 8.02. The highest BCUT2D eigenvalue weighted by atomic mass is 35.5. The molecule has 1 N–H and O–H groups in total. The lowest BCUT2D eigenvalue weighted by Gasteiger charge is -2.30. The number of alkyl halides is 3. The minimum atomic E-state index is -4.82. The summed E-state index contributed by atoms with van der Waals surface area (Å²) in [5.41, 5.74) is -0.886. The largest absolute Gasteiger partial charge is 0.423 e. The van der Waals surface area contributed by atoms with Crippen molar-refractivity contribution in [2.75, 3.05) is 43.0 Å². The summed E-state index contributed by atoms with van der Waals surface area (Å²) in [4.78, 5) is 27.0. The van der Waals surface area contributed by atoms with Crippen LogP contribution in [0.25, 0.3) is 0 Å². The summed E-state index contributed by atoms with van der Waals surface area (Å²) in [6.45, 7) is 3.30. The molecular weight excluding hydrogens is 537 g/mol. The third kappa shape index (κ3) is 6.41. The van der Waals surface area contributed by atoms with Gasteiger partial charge in [0.25, 0.3) is 5.69 Å². The van der Waals surface area contributed by atoms with Crippen LogP contribution in [-0.2, 0) is 15.7 Å². The number of carbonyl (C=O) groups excluding carboxylic acids is 1. The summed E-state index contributed by atoms with van der Waals surface area (Å²) in [5, 5.41) is 14.7. The first-order valence-corrected chi connectivity index (χ1v) is 13.5. The molecule has 1 aliphatic carbocycles. The third-order valence-corrected chi connectivity index (χ3v) is 8.27. The van der Waals surface area contributed by atoms with Crippen molar-refractivity contribution in [2.45, 2.75) is 44.0 Å². The maximum atomic E-state index is 13.3. The van der Waals surface area contributed by atoms with Crippen molar-refractivity contribution in [2.24, 2.45) is 11.8 Å². The number of rotatable bonds is 7. The first-order valence-electron chi connectivity index (χ1n) is 13.1. The first-order chi connectivity index (χ1) is 18.6. The molecule has 12 heteroatoms. The smallest absolute Gasteiger partial charge is 0.382 e. The van der Waals surface area contributed by atoms with Crippen molar-refractivity contribution >= 4 is 34.6 Å². The number of anilines is 2. The maximum absolute atomic E-state index is 13.3. The summed E-state index contributed by atoms with van der Waals surface area (Å²) in [5.74, 6) is 0.861. The van der Waals surface area contributed by atoms with Crippen molar-refractivity contribution < 1.29 is 27.6 Å². The Balaban J connectivity index is 1.05. The number of fused-ring (bicyclic) bond motifs is 1. The van der Waals surface area contributed by atoms with Crippen LogP contribution in [0.2, 0.25) is 5.02 Å². The zero-order valence-corrected chi connectivity index (χ0v) is 22.0. The van der Waals surface area contributed by atoms with Gasteiger partial charge >= 0.3 is 6.18 Å². The zero-order chi connectivity index (χ0) is 27.7. The highest BCUT2D eigenvalue weighted by molar-refractivity contribution is 6.30. The summed E-state index contributed by atoms with van der Waals surface area (Å²) in [6.07, 6.45) is -2.24. The normalized spacial score (nSPS) is 25.0. The average Bonchev–Trinajstić information content (AvgIpc) is 3.48. The average molecular weight is 567 g/mol. The molecule has 1 amide bonds. The number of amides is 1. The summed E-state index contributed by atoms with van der Waals surface area (Å²) in [6, 6.07) is 10.7. The predicted molar refractivity (Wildman–Crippen MR) is 141 cm³/mol. The van der Waals surface area contributed by atoms with Gasteiger partial charge in [0, 0.05) is 66.5 Å². The number of nitrogens with zero attached hydrogens (tertiary/aromatic N) is 3. The molecule has 2 aromatic carbocycles. The first kappa shape index (κ1) is 27.5. The fraction of sp³-hybridized carbons (Fsp3) is 0.519. The van der Waals surface area contributed by atoms with Gasteiger partial charge in [-0.25, -0.2) is 0 Å². The molecule has 2 atom stereocenters. The van der Waals surface area contributed by atoms with E-state index in [9.17, 15) is 28.1 Å². The SMILES string of the molecule is O=C(CO[C@H]1CC[C@H](Nc2ccc([N+](=O)[O-])c(C(F)(F)F)c2)CC1)N1CC2CN(c3ccc(Cl)cc3)CC2C1. The van der Waals surface area contributed by atoms with Gasteiger partial charge in [-0.1, -0.05) is 11.6 Å². The van der Waals surface area contributed by atoms with Crippen LogP contribution in [0.3, 0.4) is 0 Å². The molecule has 210 valence electrons. The maximum Gasteiger partial charge on any atom is 0.423 e. The van der Waals surface area contributed by atoms with E-state index in [0.29, 0.717) is 42.5 Å². The summed E-state index contributed by atoms with van der Waals surface area (Å²) < 4.78 is 45.7. The molecular formula is C27H30ClF3N4O4. The second-order valence-corrected chi connectivity index (χ2v) is 11.1. The highest BCUT2D eigenvalue weighted by Crippen LogP contribution is 2.38. The van der Waals surface area contributed by atoms with Crippen LogP contribution in [-0.4, -0.2) is 60.7 Å². The molecule has 3 fully saturated rings. The van der Waals surface area contributed by atoms with E-state index in [0.717, 1.165) is 44.0 Å². The van der Waals surface area contributed by atoms with Gasteiger partial charge in [-0.2, -0.15) is 13.2 Å². The second-order valence-electron chi connectivity index (χ2n) is 10.6. The highest BCUT2D eigenvalue weighted by Gasteiger charge is 2.42. The Hall–Kier alpha value is -3.05. The van der Waals surface area contributed by atoms with E-state index in [1.165, 1.54) is 6.07 Å². The molecule has 2 aromatic rings. The molecule has 2 saturated heterocycles. The van der Waals surface area contributed by atoms with Gasteiger partial charge in [0.05, 0.1) is 11.0 Å². The fourth-order valence-corrected chi connectivity index (χ4v) is 6.09. The molecule has 2 aliphatic heterocycles. The van der Waals surface area contributed by atoms with E-state index in [1.807, 2.05) is 29.2 Å². The topological polar surface area (TPSA) is 87.9 Å². The molecule has 39 heavy (non-hydrogen) atoms. The molecule has 1 saturated carbocycles. The van der Waals surface area contributed by atoms with Gasteiger partial charge in [0.1, 0.15) is 12.2 Å². The Bertz CT molecular complexity index is 1190. The predicted octanol–water partition coefficient (Wildman–Crippen LogP) is 5.60. The number of halogens is 4. The van der Waals surface area contributed by atoms with Crippen molar-refractivity contribution in [3.63, 3.8) is 0 Å². The minimum absolute atomic E-state index is 0.00625. The van der Waals surface area contributed by atoms with Gasteiger partial charge < -0.3 is 19.9 Å². The van der Waals surface area contributed by atoms with Crippen LogP contribution >= 0.6 is 11.6 Å². The van der Waals surface area contributed by atoms with Crippen LogP contribution in [0.1, 0.15) is 31.2 Å². The van der Waals surface area contributed by atoms with Crippen LogP contribution in [0.5, 0.6) is 0 Å². The van der Waals surface area contributed by atoms with E-state index < -0.39 is 22.4 Å². The zero-order valence-electron chi connectivity index (χ0n) is 21.2. The number of nitro groups is 1. The molecule has 8 nitrogen and oxygen atoms in total. The summed E-state index contributed by atoms with van der Waals surface area (Å²) in [7, 11) is 0. The number of nitro benzene ring substituents is 1. The number of benzene rings is 2. The van der Waals surface area contributed by atoms with Gasteiger partial charge in [-0.05, 0) is 62.1 Å². The lowest BCUT2D eigenvalue weighted by Crippen LogP contribution is -2.37. The molecule has 2 unspecified atom stereocenters.